The minimum atomic E-state index is 0.683. The number of rotatable bonds is 2. The average Bonchev–Trinajstić information content (AvgIpc) is 3.03. The van der Waals surface area contributed by atoms with Crippen molar-refractivity contribution in [2.24, 2.45) is 0 Å². The molecule has 0 aliphatic heterocycles. The Bertz CT molecular complexity index is 522. The minimum absolute atomic E-state index is 0.683. The van der Waals surface area contributed by atoms with Crippen molar-refractivity contribution in [3.63, 3.8) is 0 Å². The number of hydrogen-bond acceptors (Lipinski definition) is 4. The summed E-state index contributed by atoms with van der Waals surface area (Å²) in [4.78, 5) is 9.58. The van der Waals surface area contributed by atoms with Crippen molar-refractivity contribution in [1.82, 2.24) is 19.7 Å². The molecule has 0 fully saturated rings. The second kappa shape index (κ2) is 3.86. The Kier molecular flexibility index (Phi) is 2.23. The fraction of sp³-hybridized carbons (Fsp3) is 0. The molecule has 0 unspecified atom stereocenters. The molecule has 0 amide bonds. The minimum Gasteiger partial charge on any atom is -0.225 e. The molecule has 3 heterocycles. The van der Waals surface area contributed by atoms with Gasteiger partial charge in [0.1, 0.15) is 0 Å². The maximum atomic E-state index is 4.43. The summed E-state index contributed by atoms with van der Waals surface area (Å²) in [5.74, 6) is 1.41. The van der Waals surface area contributed by atoms with Crippen molar-refractivity contribution in [3.8, 4) is 16.5 Å². The van der Waals surface area contributed by atoms with Crippen molar-refractivity contribution >= 4 is 11.3 Å². The van der Waals surface area contributed by atoms with E-state index in [0.29, 0.717) is 5.82 Å². The number of aromatic nitrogens is 4. The fourth-order valence-corrected chi connectivity index (χ4v) is 2.01. The van der Waals surface area contributed by atoms with Gasteiger partial charge < -0.3 is 0 Å². The summed E-state index contributed by atoms with van der Waals surface area (Å²) in [6.45, 7) is 0. The Morgan fingerprint density at radius 1 is 1.31 bits per heavy atom. The molecule has 0 bridgehead atoms. The summed E-state index contributed by atoms with van der Waals surface area (Å²) in [5.41, 5.74) is 0. The van der Waals surface area contributed by atoms with Crippen LogP contribution in [0.4, 0.5) is 0 Å². The van der Waals surface area contributed by atoms with Crippen molar-refractivity contribution in [1.29, 1.82) is 0 Å². The molecule has 0 aliphatic carbocycles. The van der Waals surface area contributed by atoms with Gasteiger partial charge >= 0.3 is 0 Å². The maximum absolute atomic E-state index is 4.43. The third-order valence-corrected chi connectivity index (χ3v) is 2.93. The van der Waals surface area contributed by atoms with E-state index in [1.54, 1.807) is 28.3 Å². The van der Waals surface area contributed by atoms with E-state index in [9.17, 15) is 0 Å². The first-order valence-electron chi connectivity index (χ1n) is 4.72. The summed E-state index contributed by atoms with van der Waals surface area (Å²) in [5, 5.41) is 6.12. The van der Waals surface area contributed by atoms with Gasteiger partial charge in [-0.05, 0) is 17.5 Å². The van der Waals surface area contributed by atoms with Gasteiger partial charge in [0, 0.05) is 18.5 Å². The van der Waals surface area contributed by atoms with E-state index in [2.05, 4.69) is 21.3 Å². The predicted molar refractivity (Wildman–Crippen MR) is 61.3 cm³/mol. The number of thiophene rings is 1. The van der Waals surface area contributed by atoms with Crippen molar-refractivity contribution < 1.29 is 0 Å². The van der Waals surface area contributed by atoms with Gasteiger partial charge in [-0.3, -0.25) is 0 Å². The zero-order valence-corrected chi connectivity index (χ0v) is 9.06. The molecular formula is C11H7N4S. The normalized spacial score (nSPS) is 10.5. The van der Waals surface area contributed by atoms with Crippen LogP contribution >= 0.6 is 11.3 Å². The van der Waals surface area contributed by atoms with E-state index < -0.39 is 0 Å². The van der Waals surface area contributed by atoms with E-state index in [4.69, 9.17) is 0 Å². The first kappa shape index (κ1) is 9.23. The van der Waals surface area contributed by atoms with Crippen LogP contribution in [0.25, 0.3) is 16.5 Å². The topological polar surface area (TPSA) is 43.6 Å². The van der Waals surface area contributed by atoms with Crippen LogP contribution in [0.3, 0.4) is 0 Å². The molecule has 0 saturated carbocycles. The first-order chi connectivity index (χ1) is 7.93. The molecular weight excluding hydrogens is 220 g/mol. The summed E-state index contributed by atoms with van der Waals surface area (Å²) in [6, 6.07) is 7.53. The summed E-state index contributed by atoms with van der Waals surface area (Å²) < 4.78 is 1.69. The molecule has 3 rings (SSSR count). The van der Waals surface area contributed by atoms with E-state index in [1.807, 2.05) is 29.8 Å². The fourth-order valence-electron chi connectivity index (χ4n) is 1.35. The second-order valence-electron chi connectivity index (χ2n) is 3.11. The molecule has 0 aliphatic rings. The largest absolute Gasteiger partial charge is 0.225 e. The highest BCUT2D eigenvalue weighted by molar-refractivity contribution is 7.13. The summed E-state index contributed by atoms with van der Waals surface area (Å²) in [6.07, 6.45) is 6.40. The van der Waals surface area contributed by atoms with Crippen LogP contribution in [0.5, 0.6) is 0 Å². The lowest BCUT2D eigenvalue weighted by molar-refractivity contribution is 0.841. The quantitative estimate of drug-likeness (QED) is 0.674. The lowest BCUT2D eigenvalue weighted by atomic mass is 10.4. The summed E-state index contributed by atoms with van der Waals surface area (Å²) in [7, 11) is 0. The molecule has 77 valence electrons. The molecule has 0 atom stereocenters. The third-order valence-electron chi connectivity index (χ3n) is 2.07. The lowest BCUT2D eigenvalue weighted by Gasteiger charge is -2.01. The van der Waals surface area contributed by atoms with Crippen LogP contribution in [-0.2, 0) is 0 Å². The standard InChI is InChI=1S/C11H7N4S/c1-3-9(16-8-1)11-12-6-4-10(14-11)15-7-2-5-13-15/h1-5,7-8H. The van der Waals surface area contributed by atoms with Crippen molar-refractivity contribution in [3.05, 3.63) is 48.2 Å². The molecule has 16 heavy (non-hydrogen) atoms. The highest BCUT2D eigenvalue weighted by Gasteiger charge is 2.04. The molecule has 0 saturated heterocycles. The van der Waals surface area contributed by atoms with Crippen molar-refractivity contribution in [2.45, 2.75) is 0 Å². The van der Waals surface area contributed by atoms with E-state index in [-0.39, 0.29) is 0 Å². The van der Waals surface area contributed by atoms with E-state index >= 15 is 0 Å². The Hall–Kier alpha value is -2.01. The Morgan fingerprint density at radius 3 is 3.06 bits per heavy atom. The number of nitrogens with zero attached hydrogens (tertiary/aromatic N) is 4. The molecule has 3 aromatic rings. The van der Waals surface area contributed by atoms with Gasteiger partial charge in [0.05, 0.1) is 11.1 Å². The Labute approximate surface area is 96.2 Å². The first-order valence-corrected chi connectivity index (χ1v) is 5.60. The second-order valence-corrected chi connectivity index (χ2v) is 4.05. The van der Waals surface area contributed by atoms with E-state index in [1.165, 1.54) is 0 Å². The Morgan fingerprint density at radius 2 is 2.31 bits per heavy atom. The van der Waals surface area contributed by atoms with Gasteiger partial charge in [-0.25, -0.2) is 14.6 Å². The maximum Gasteiger partial charge on any atom is 0.172 e. The predicted octanol–water partition coefficient (Wildman–Crippen LogP) is 2.19. The molecule has 0 aromatic carbocycles. The molecule has 3 aromatic heterocycles. The van der Waals surface area contributed by atoms with Crippen LogP contribution in [0.1, 0.15) is 0 Å². The SMILES string of the molecule is [c]1cc(-n2cccn2)nc(-c2cccs2)n1. The highest BCUT2D eigenvalue weighted by atomic mass is 32.1. The van der Waals surface area contributed by atoms with Gasteiger partial charge in [-0.1, -0.05) is 6.07 Å². The highest BCUT2D eigenvalue weighted by Crippen LogP contribution is 2.20. The van der Waals surface area contributed by atoms with Gasteiger partial charge in [0.25, 0.3) is 0 Å². The third kappa shape index (κ3) is 1.61. The van der Waals surface area contributed by atoms with E-state index in [0.717, 1.165) is 10.7 Å². The van der Waals surface area contributed by atoms with Gasteiger partial charge in [-0.2, -0.15) is 5.10 Å². The Balaban J connectivity index is 2.07. The molecule has 5 heteroatoms. The smallest absolute Gasteiger partial charge is 0.172 e. The average molecular weight is 227 g/mol. The number of hydrogen-bond donors (Lipinski definition) is 0. The van der Waals surface area contributed by atoms with Crippen LogP contribution in [-0.4, -0.2) is 19.7 Å². The molecule has 0 spiro atoms. The lowest BCUT2D eigenvalue weighted by Crippen LogP contribution is -1.99. The van der Waals surface area contributed by atoms with Gasteiger partial charge in [0.15, 0.2) is 11.6 Å². The van der Waals surface area contributed by atoms with Crippen LogP contribution in [0.15, 0.2) is 42.0 Å². The monoisotopic (exact) mass is 227 g/mol. The van der Waals surface area contributed by atoms with Crippen molar-refractivity contribution in [2.75, 3.05) is 0 Å². The van der Waals surface area contributed by atoms with Crippen LogP contribution in [0.2, 0.25) is 0 Å². The molecule has 4 nitrogen and oxygen atoms in total. The van der Waals surface area contributed by atoms with Gasteiger partial charge in [-0.15, -0.1) is 11.3 Å². The van der Waals surface area contributed by atoms with Gasteiger partial charge in [0.2, 0.25) is 0 Å². The van der Waals surface area contributed by atoms with Crippen LogP contribution < -0.4 is 0 Å². The van der Waals surface area contributed by atoms with Crippen LogP contribution in [0, 0.1) is 6.20 Å². The molecule has 0 N–H and O–H groups in total. The summed E-state index contributed by atoms with van der Waals surface area (Å²) >= 11 is 1.61. The zero-order valence-electron chi connectivity index (χ0n) is 8.24. The molecule has 1 radical (unpaired) electrons. The zero-order chi connectivity index (χ0) is 10.8.